The third-order valence-corrected chi connectivity index (χ3v) is 11.2. The van der Waals surface area contributed by atoms with Crippen molar-refractivity contribution in [2.75, 3.05) is 20.2 Å². The molecule has 0 unspecified atom stereocenters. The second kappa shape index (κ2) is 12.9. The van der Waals surface area contributed by atoms with Gasteiger partial charge in [-0.2, -0.15) is 0 Å². The molecule has 0 radical (unpaired) electrons. The number of alkyl carbamates (subject to hydrolysis) is 1. The SMILES string of the molecule is Cc1c(C)c(S(=O)(=O)N(C)C(=N)NCCC[C@H](NC(=O)OCC2c3ccccc3-c3ccccc32)C(=O)O)c(C)c2c1OC(C)(C)C2. The molecule has 11 nitrogen and oxygen atoms in total. The first kappa shape index (κ1) is 33.8. The van der Waals surface area contributed by atoms with E-state index in [2.05, 4.69) is 10.6 Å². The molecule has 3 aromatic carbocycles. The van der Waals surface area contributed by atoms with Crippen LogP contribution in [0.5, 0.6) is 5.75 Å². The third-order valence-electron chi connectivity index (χ3n) is 9.12. The molecule has 0 spiro atoms. The van der Waals surface area contributed by atoms with Gasteiger partial charge in [-0.15, -0.1) is 0 Å². The van der Waals surface area contributed by atoms with Crippen LogP contribution in [0.4, 0.5) is 4.79 Å². The number of rotatable bonds is 10. The molecule has 12 heteroatoms. The number of benzene rings is 3. The van der Waals surface area contributed by atoms with Crippen LogP contribution >= 0.6 is 0 Å². The molecule has 0 saturated heterocycles. The number of hydrogen-bond acceptors (Lipinski definition) is 7. The van der Waals surface area contributed by atoms with Crippen LogP contribution < -0.4 is 15.4 Å². The Morgan fingerprint density at radius 3 is 2.23 bits per heavy atom. The number of guanidine groups is 1. The van der Waals surface area contributed by atoms with Crippen molar-refractivity contribution in [2.24, 2.45) is 0 Å². The molecule has 1 heterocycles. The molecule has 1 amide bonds. The summed E-state index contributed by atoms with van der Waals surface area (Å²) in [6, 6.07) is 14.6. The fourth-order valence-electron chi connectivity index (χ4n) is 6.55. The van der Waals surface area contributed by atoms with Crippen LogP contribution in [-0.4, -0.2) is 67.7 Å². The van der Waals surface area contributed by atoms with Crippen LogP contribution in [0.25, 0.3) is 11.1 Å². The number of nitrogens with zero attached hydrogens (tertiary/aromatic N) is 1. The van der Waals surface area contributed by atoms with Crippen molar-refractivity contribution in [1.82, 2.24) is 14.9 Å². The average molecular weight is 663 g/mol. The highest BCUT2D eigenvalue weighted by molar-refractivity contribution is 7.89. The molecule has 250 valence electrons. The summed E-state index contributed by atoms with van der Waals surface area (Å²) < 4.78 is 40.0. The van der Waals surface area contributed by atoms with Crippen molar-refractivity contribution >= 4 is 28.0 Å². The van der Waals surface area contributed by atoms with Crippen molar-refractivity contribution in [3.05, 3.63) is 81.9 Å². The number of amides is 1. The van der Waals surface area contributed by atoms with Crippen LogP contribution in [0.2, 0.25) is 0 Å². The van der Waals surface area contributed by atoms with Crippen molar-refractivity contribution in [3.63, 3.8) is 0 Å². The van der Waals surface area contributed by atoms with Gasteiger partial charge in [-0.05, 0) is 86.4 Å². The minimum Gasteiger partial charge on any atom is -0.487 e. The summed E-state index contributed by atoms with van der Waals surface area (Å²) in [5, 5.41) is 23.4. The molecule has 47 heavy (non-hydrogen) atoms. The molecule has 1 aliphatic carbocycles. The summed E-state index contributed by atoms with van der Waals surface area (Å²) in [5.74, 6) is -1.01. The highest BCUT2D eigenvalue weighted by Gasteiger charge is 2.38. The summed E-state index contributed by atoms with van der Waals surface area (Å²) >= 11 is 0. The highest BCUT2D eigenvalue weighted by Crippen LogP contribution is 2.45. The Bertz CT molecular complexity index is 1810. The first-order chi connectivity index (χ1) is 22.1. The van der Waals surface area contributed by atoms with E-state index in [1.165, 1.54) is 7.05 Å². The summed E-state index contributed by atoms with van der Waals surface area (Å²) in [4.78, 5) is 24.8. The second-order valence-corrected chi connectivity index (χ2v) is 14.7. The second-order valence-electron chi connectivity index (χ2n) is 12.8. The molecule has 0 aromatic heterocycles. The number of sulfonamides is 1. The molecular formula is C35H42N4O7S. The van der Waals surface area contributed by atoms with Crippen molar-refractivity contribution in [1.29, 1.82) is 5.41 Å². The highest BCUT2D eigenvalue weighted by atomic mass is 32.2. The van der Waals surface area contributed by atoms with E-state index in [1.807, 2.05) is 69.3 Å². The zero-order chi connectivity index (χ0) is 34.3. The number of fused-ring (bicyclic) bond motifs is 4. The van der Waals surface area contributed by atoms with E-state index in [1.54, 1.807) is 13.8 Å². The molecule has 0 saturated carbocycles. The Morgan fingerprint density at radius 1 is 1.04 bits per heavy atom. The van der Waals surface area contributed by atoms with Gasteiger partial charge in [-0.1, -0.05) is 48.5 Å². The molecule has 2 aliphatic rings. The minimum absolute atomic E-state index is 0.0360. The fraction of sp³-hybridized carbons (Fsp3) is 0.400. The fourth-order valence-corrected chi connectivity index (χ4v) is 8.18. The number of aliphatic carboxylic acids is 1. The third kappa shape index (κ3) is 6.51. The Kier molecular flexibility index (Phi) is 9.27. The number of hydrogen-bond donors (Lipinski definition) is 4. The Hall–Kier alpha value is -4.58. The number of nitrogens with one attached hydrogen (secondary N) is 3. The smallest absolute Gasteiger partial charge is 0.407 e. The van der Waals surface area contributed by atoms with E-state index in [9.17, 15) is 23.1 Å². The summed E-state index contributed by atoms with van der Waals surface area (Å²) in [7, 11) is -2.78. The first-order valence-corrected chi connectivity index (χ1v) is 17.1. The van der Waals surface area contributed by atoms with Gasteiger partial charge >= 0.3 is 12.1 Å². The lowest BCUT2D eigenvalue weighted by molar-refractivity contribution is -0.139. The van der Waals surface area contributed by atoms with Gasteiger partial charge < -0.3 is 25.2 Å². The summed E-state index contributed by atoms with van der Waals surface area (Å²) in [5.41, 5.74) is 6.61. The molecular weight excluding hydrogens is 620 g/mol. The van der Waals surface area contributed by atoms with Gasteiger partial charge in [0.25, 0.3) is 10.0 Å². The number of carboxylic acids is 1. The molecule has 1 aliphatic heterocycles. The monoisotopic (exact) mass is 662 g/mol. The Balaban J connectivity index is 1.15. The normalized spacial score (nSPS) is 15.1. The molecule has 5 rings (SSSR count). The van der Waals surface area contributed by atoms with Crippen LogP contribution in [0.15, 0.2) is 53.4 Å². The largest absolute Gasteiger partial charge is 0.487 e. The molecule has 0 fully saturated rings. The quantitative estimate of drug-likeness (QED) is 0.130. The van der Waals surface area contributed by atoms with E-state index in [4.69, 9.17) is 14.9 Å². The van der Waals surface area contributed by atoms with Gasteiger partial charge in [-0.25, -0.2) is 22.3 Å². The number of carbonyl (C=O) groups excluding carboxylic acids is 1. The maximum absolute atomic E-state index is 13.7. The van der Waals surface area contributed by atoms with Gasteiger partial charge in [0, 0.05) is 31.5 Å². The van der Waals surface area contributed by atoms with Crippen molar-refractivity contribution in [3.8, 4) is 16.9 Å². The number of carboxylic acid groups (broad SMARTS) is 1. The molecule has 0 bridgehead atoms. The van der Waals surface area contributed by atoms with Crippen LogP contribution in [-0.2, 0) is 26.0 Å². The van der Waals surface area contributed by atoms with E-state index in [0.29, 0.717) is 17.5 Å². The zero-order valence-electron chi connectivity index (χ0n) is 27.6. The van der Waals surface area contributed by atoms with Crippen molar-refractivity contribution < 1.29 is 32.6 Å². The van der Waals surface area contributed by atoms with Gasteiger partial charge in [0.2, 0.25) is 5.96 Å². The minimum atomic E-state index is -4.09. The van der Waals surface area contributed by atoms with Gasteiger partial charge in [0.15, 0.2) is 0 Å². The van der Waals surface area contributed by atoms with Crippen LogP contribution in [0.1, 0.15) is 66.0 Å². The number of carbonyl (C=O) groups is 2. The van der Waals surface area contributed by atoms with Gasteiger partial charge in [-0.3, -0.25) is 5.41 Å². The van der Waals surface area contributed by atoms with Crippen LogP contribution in [0, 0.1) is 26.2 Å². The van der Waals surface area contributed by atoms with E-state index in [-0.39, 0.29) is 42.8 Å². The first-order valence-electron chi connectivity index (χ1n) is 15.6. The Labute approximate surface area is 275 Å². The zero-order valence-corrected chi connectivity index (χ0v) is 28.4. The van der Waals surface area contributed by atoms with Crippen molar-refractivity contribution in [2.45, 2.75) is 76.3 Å². The Morgan fingerprint density at radius 2 is 1.64 bits per heavy atom. The van der Waals surface area contributed by atoms with Crippen LogP contribution in [0.3, 0.4) is 0 Å². The predicted molar refractivity (Wildman–Crippen MR) is 179 cm³/mol. The standard InChI is InChI=1S/C35H42N4O7S/c1-20-21(2)31(22(3)27-18-35(4,5)46-30(20)27)47(43,44)39(6)33(36)37-17-11-16-29(32(40)41)38-34(42)45-19-28-25-14-9-7-12-23(25)24-13-8-10-15-26(24)28/h7-10,12-15,28-29H,11,16-19H2,1-6H3,(H2,36,37)(H,38,42)(H,40,41)/t29-/m0/s1. The maximum atomic E-state index is 13.7. The van der Waals surface area contributed by atoms with E-state index >= 15 is 0 Å². The van der Waals surface area contributed by atoms with Gasteiger partial charge in [0.1, 0.15) is 24.0 Å². The van der Waals surface area contributed by atoms with Gasteiger partial charge in [0.05, 0.1) is 4.90 Å². The summed E-state index contributed by atoms with van der Waals surface area (Å²) in [6.45, 7) is 9.44. The average Bonchev–Trinajstić information content (AvgIpc) is 3.53. The lowest BCUT2D eigenvalue weighted by Crippen LogP contribution is -2.44. The molecule has 1 atom stereocenters. The predicted octanol–water partition coefficient (Wildman–Crippen LogP) is 5.24. The molecule has 4 N–H and O–H groups in total. The maximum Gasteiger partial charge on any atom is 0.407 e. The lowest BCUT2D eigenvalue weighted by atomic mass is 9.94. The number of ether oxygens (including phenoxy) is 2. The van der Waals surface area contributed by atoms with E-state index in [0.717, 1.165) is 43.4 Å². The van der Waals surface area contributed by atoms with E-state index < -0.39 is 33.7 Å². The topological polar surface area (TPSA) is 158 Å². The lowest BCUT2D eigenvalue weighted by Gasteiger charge is -2.25. The molecule has 3 aromatic rings. The summed E-state index contributed by atoms with van der Waals surface area (Å²) in [6.07, 6.45) is 0.00887.